The molecule has 3 N–H and O–H groups in total. The van der Waals surface area contributed by atoms with Crippen molar-refractivity contribution in [3.63, 3.8) is 0 Å². The van der Waals surface area contributed by atoms with Crippen LogP contribution in [0.5, 0.6) is 5.75 Å². The number of carbonyl (C=O) groups is 3. The maximum absolute atomic E-state index is 12.6. The lowest BCUT2D eigenvalue weighted by Gasteiger charge is -2.14. The first kappa shape index (κ1) is 19.5. The number of hydrogen-bond acceptors (Lipinski definition) is 4. The number of rotatable bonds is 7. The summed E-state index contributed by atoms with van der Waals surface area (Å²) < 4.78 is 5.31. The zero-order chi connectivity index (χ0) is 21.1. The van der Waals surface area contributed by atoms with Crippen LogP contribution in [0, 0.1) is 0 Å². The van der Waals surface area contributed by atoms with Crippen molar-refractivity contribution in [2.24, 2.45) is 0 Å². The molecule has 154 valence electrons. The van der Waals surface area contributed by atoms with Crippen molar-refractivity contribution in [2.45, 2.75) is 18.9 Å². The molecule has 8 nitrogen and oxygen atoms in total. The van der Waals surface area contributed by atoms with Gasteiger partial charge in [0, 0.05) is 29.3 Å². The predicted octanol–water partition coefficient (Wildman–Crippen LogP) is 2.67. The molecule has 8 heteroatoms. The first-order valence-corrected chi connectivity index (χ1v) is 9.66. The Hall–Kier alpha value is -3.81. The first-order valence-electron chi connectivity index (χ1n) is 9.66. The van der Waals surface area contributed by atoms with Gasteiger partial charge in [0.05, 0.1) is 13.5 Å². The van der Waals surface area contributed by atoms with E-state index in [1.54, 1.807) is 13.2 Å². The van der Waals surface area contributed by atoms with E-state index in [4.69, 9.17) is 4.74 Å². The van der Waals surface area contributed by atoms with E-state index in [9.17, 15) is 14.4 Å². The standard InChI is InChI=1S/C22H22N4O4/c1-30-19-5-3-2-4-14(19)9-11-26-21(28)18(25-22(26)29)13-20(27)24-16-6-7-17-15(12-16)8-10-23-17/h2-8,10,12,18,23H,9,11,13H2,1H3,(H,24,27)(H,25,29)/t18-/m0/s1. The molecule has 0 unspecified atom stereocenters. The number of aromatic nitrogens is 1. The van der Waals surface area contributed by atoms with Gasteiger partial charge in [0.2, 0.25) is 5.91 Å². The van der Waals surface area contributed by atoms with Crippen LogP contribution in [-0.2, 0) is 16.0 Å². The number of fused-ring (bicyclic) bond motifs is 1. The fourth-order valence-corrected chi connectivity index (χ4v) is 3.60. The van der Waals surface area contributed by atoms with Crippen LogP contribution in [0.15, 0.2) is 54.7 Å². The smallest absolute Gasteiger partial charge is 0.324 e. The molecule has 4 amide bonds. The van der Waals surface area contributed by atoms with Crippen LogP contribution < -0.4 is 15.4 Å². The van der Waals surface area contributed by atoms with Gasteiger partial charge in [-0.25, -0.2) is 4.79 Å². The third-order valence-electron chi connectivity index (χ3n) is 5.13. The Labute approximate surface area is 173 Å². The van der Waals surface area contributed by atoms with Gasteiger partial charge < -0.3 is 20.4 Å². The van der Waals surface area contributed by atoms with Crippen LogP contribution in [-0.4, -0.2) is 47.4 Å². The lowest BCUT2D eigenvalue weighted by Crippen LogP contribution is -2.35. The van der Waals surface area contributed by atoms with Gasteiger partial charge in [-0.15, -0.1) is 0 Å². The molecule has 1 saturated heterocycles. The quantitative estimate of drug-likeness (QED) is 0.525. The first-order chi connectivity index (χ1) is 14.5. The number of anilines is 1. The number of aromatic amines is 1. The van der Waals surface area contributed by atoms with Crippen LogP contribution in [0.4, 0.5) is 10.5 Å². The van der Waals surface area contributed by atoms with Crippen molar-refractivity contribution in [3.05, 3.63) is 60.3 Å². The zero-order valence-corrected chi connectivity index (χ0v) is 16.5. The average molecular weight is 406 g/mol. The van der Waals surface area contributed by atoms with Crippen LogP contribution in [0.1, 0.15) is 12.0 Å². The monoisotopic (exact) mass is 406 g/mol. The third kappa shape index (κ3) is 3.98. The molecule has 1 atom stereocenters. The minimum atomic E-state index is -0.869. The topological polar surface area (TPSA) is 104 Å². The van der Waals surface area contributed by atoms with Crippen molar-refractivity contribution in [1.29, 1.82) is 0 Å². The predicted molar refractivity (Wildman–Crippen MR) is 112 cm³/mol. The van der Waals surface area contributed by atoms with Crippen molar-refractivity contribution in [1.82, 2.24) is 15.2 Å². The Bertz CT molecular complexity index is 1110. The molecule has 0 aliphatic carbocycles. The van der Waals surface area contributed by atoms with Gasteiger partial charge in [0.1, 0.15) is 11.8 Å². The van der Waals surface area contributed by atoms with Crippen LogP contribution in [0.2, 0.25) is 0 Å². The molecule has 30 heavy (non-hydrogen) atoms. The number of methoxy groups -OCH3 is 1. The van der Waals surface area contributed by atoms with Crippen LogP contribution in [0.3, 0.4) is 0 Å². The van der Waals surface area contributed by atoms with Gasteiger partial charge in [0.25, 0.3) is 5.91 Å². The second-order valence-corrected chi connectivity index (χ2v) is 7.09. The SMILES string of the molecule is COc1ccccc1CCN1C(=O)N[C@@H](CC(=O)Nc2ccc3[nH]ccc3c2)C1=O. The summed E-state index contributed by atoms with van der Waals surface area (Å²) in [6, 6.07) is 13.5. The van der Waals surface area contributed by atoms with E-state index in [1.165, 1.54) is 0 Å². The number of carbonyl (C=O) groups excluding carboxylic acids is 3. The van der Waals surface area contributed by atoms with Gasteiger partial charge in [-0.1, -0.05) is 18.2 Å². The highest BCUT2D eigenvalue weighted by Crippen LogP contribution is 2.20. The van der Waals surface area contributed by atoms with Crippen molar-refractivity contribution in [3.8, 4) is 5.75 Å². The molecular formula is C22H22N4O4. The summed E-state index contributed by atoms with van der Waals surface area (Å²) in [6.45, 7) is 0.216. The van der Waals surface area contributed by atoms with Crippen molar-refractivity contribution in [2.75, 3.05) is 19.0 Å². The zero-order valence-electron chi connectivity index (χ0n) is 16.5. The fourth-order valence-electron chi connectivity index (χ4n) is 3.60. The Balaban J connectivity index is 1.35. The minimum absolute atomic E-state index is 0.124. The molecular weight excluding hydrogens is 384 g/mol. The summed E-state index contributed by atoms with van der Waals surface area (Å²) in [6.07, 6.45) is 2.17. The lowest BCUT2D eigenvalue weighted by molar-refractivity contribution is -0.129. The Kier molecular flexibility index (Phi) is 5.38. The lowest BCUT2D eigenvalue weighted by atomic mass is 10.1. The van der Waals surface area contributed by atoms with Gasteiger partial charge in [-0.05, 0) is 42.3 Å². The molecule has 1 aromatic heterocycles. The molecule has 1 fully saturated rings. The number of para-hydroxylation sites is 1. The minimum Gasteiger partial charge on any atom is -0.496 e. The summed E-state index contributed by atoms with van der Waals surface area (Å²) in [5.41, 5.74) is 2.51. The summed E-state index contributed by atoms with van der Waals surface area (Å²) in [4.78, 5) is 41.5. The highest BCUT2D eigenvalue weighted by molar-refractivity contribution is 6.07. The van der Waals surface area contributed by atoms with Gasteiger partial charge in [-0.3, -0.25) is 14.5 Å². The number of ether oxygens (including phenoxy) is 1. The number of imide groups is 1. The Morgan fingerprint density at radius 2 is 2.00 bits per heavy atom. The number of H-pyrrole nitrogens is 1. The second kappa shape index (κ2) is 8.28. The third-order valence-corrected chi connectivity index (χ3v) is 5.13. The Morgan fingerprint density at radius 3 is 2.83 bits per heavy atom. The number of urea groups is 1. The van der Waals surface area contributed by atoms with Gasteiger partial charge in [0.15, 0.2) is 0 Å². The van der Waals surface area contributed by atoms with E-state index in [2.05, 4.69) is 15.6 Å². The summed E-state index contributed by atoms with van der Waals surface area (Å²) in [5, 5.41) is 6.36. The highest BCUT2D eigenvalue weighted by Gasteiger charge is 2.38. The molecule has 1 aliphatic heterocycles. The molecule has 3 aromatic rings. The molecule has 2 heterocycles. The van der Waals surface area contributed by atoms with Crippen molar-refractivity contribution >= 4 is 34.4 Å². The van der Waals surface area contributed by atoms with Gasteiger partial charge in [-0.2, -0.15) is 0 Å². The van der Waals surface area contributed by atoms with E-state index in [0.29, 0.717) is 17.9 Å². The molecule has 0 spiro atoms. The second-order valence-electron chi connectivity index (χ2n) is 7.09. The molecule has 0 radical (unpaired) electrons. The molecule has 2 aromatic carbocycles. The number of nitrogens with zero attached hydrogens (tertiary/aromatic N) is 1. The van der Waals surface area contributed by atoms with Gasteiger partial charge >= 0.3 is 6.03 Å². The summed E-state index contributed by atoms with van der Waals surface area (Å²) in [7, 11) is 1.58. The maximum Gasteiger partial charge on any atom is 0.324 e. The number of hydrogen-bond donors (Lipinski definition) is 3. The Morgan fingerprint density at radius 1 is 1.17 bits per heavy atom. The molecule has 1 aliphatic rings. The highest BCUT2D eigenvalue weighted by atomic mass is 16.5. The van der Waals surface area contributed by atoms with E-state index in [0.717, 1.165) is 21.4 Å². The summed E-state index contributed by atoms with van der Waals surface area (Å²) in [5.74, 6) is -0.0267. The summed E-state index contributed by atoms with van der Waals surface area (Å²) >= 11 is 0. The van der Waals surface area contributed by atoms with Crippen LogP contribution in [0.25, 0.3) is 10.9 Å². The van der Waals surface area contributed by atoms with Crippen molar-refractivity contribution < 1.29 is 19.1 Å². The molecule has 4 rings (SSSR count). The molecule has 0 saturated carbocycles. The maximum atomic E-state index is 12.6. The largest absolute Gasteiger partial charge is 0.496 e. The normalized spacial score (nSPS) is 16.0. The van der Waals surface area contributed by atoms with Crippen LogP contribution >= 0.6 is 0 Å². The average Bonchev–Trinajstić information content (AvgIpc) is 3.30. The molecule has 0 bridgehead atoms. The van der Waals surface area contributed by atoms with E-state index in [1.807, 2.05) is 48.7 Å². The number of benzene rings is 2. The number of amides is 4. The van der Waals surface area contributed by atoms with E-state index < -0.39 is 18.0 Å². The fraction of sp³-hybridized carbons (Fsp3) is 0.227. The number of nitrogens with one attached hydrogen (secondary N) is 3. The van der Waals surface area contributed by atoms with E-state index in [-0.39, 0.29) is 18.9 Å². The van der Waals surface area contributed by atoms with E-state index >= 15 is 0 Å².